The first-order chi connectivity index (χ1) is 17.3. The highest BCUT2D eigenvalue weighted by molar-refractivity contribution is 6.46. The SMILES string of the molecule is Cn1cc(C2/C(=C(\O)c3cccc([N+](=O)[O-])c3)C(=O)C(=O)N2Cc2ccc(F)cc2)c2ccccc21. The topological polar surface area (TPSA) is 106 Å². The molecule has 5 rings (SSSR count). The van der Waals surface area contributed by atoms with Crippen molar-refractivity contribution in [3.63, 3.8) is 0 Å². The van der Waals surface area contributed by atoms with E-state index in [0.717, 1.165) is 17.0 Å². The van der Waals surface area contributed by atoms with Crippen LogP contribution in [0.25, 0.3) is 16.7 Å². The fraction of sp³-hybridized carbons (Fsp3) is 0.111. The quantitative estimate of drug-likeness (QED) is 0.143. The molecule has 0 aliphatic carbocycles. The molecule has 4 aromatic rings. The summed E-state index contributed by atoms with van der Waals surface area (Å²) in [4.78, 5) is 38.6. The number of rotatable bonds is 5. The Bertz CT molecular complexity index is 1570. The van der Waals surface area contributed by atoms with E-state index in [1.54, 1.807) is 6.20 Å². The molecule has 0 bridgehead atoms. The van der Waals surface area contributed by atoms with Gasteiger partial charge in [0.15, 0.2) is 0 Å². The molecule has 1 atom stereocenters. The van der Waals surface area contributed by atoms with Gasteiger partial charge in [-0.3, -0.25) is 19.7 Å². The number of benzene rings is 3. The molecule has 180 valence electrons. The number of carbonyl (C=O) groups excluding carboxylic acids is 2. The van der Waals surface area contributed by atoms with Crippen LogP contribution >= 0.6 is 0 Å². The lowest BCUT2D eigenvalue weighted by atomic mass is 9.94. The zero-order chi connectivity index (χ0) is 25.6. The molecule has 2 heterocycles. The van der Waals surface area contributed by atoms with Crippen LogP contribution in [0.4, 0.5) is 10.1 Å². The normalized spacial score (nSPS) is 17.2. The van der Waals surface area contributed by atoms with Crippen molar-refractivity contribution in [2.45, 2.75) is 12.6 Å². The van der Waals surface area contributed by atoms with Crippen LogP contribution in [0.5, 0.6) is 0 Å². The van der Waals surface area contributed by atoms with Crippen LogP contribution in [-0.2, 0) is 23.2 Å². The summed E-state index contributed by atoms with van der Waals surface area (Å²) in [5.41, 5.74) is 1.69. The molecule has 0 saturated carbocycles. The first-order valence-electron chi connectivity index (χ1n) is 11.1. The molecule has 8 nitrogen and oxygen atoms in total. The number of para-hydroxylation sites is 1. The fourth-order valence-corrected chi connectivity index (χ4v) is 4.67. The summed E-state index contributed by atoms with van der Waals surface area (Å²) in [5.74, 6) is -2.67. The molecule has 0 spiro atoms. The monoisotopic (exact) mass is 485 g/mol. The zero-order valence-electron chi connectivity index (χ0n) is 19.1. The molecule has 0 radical (unpaired) electrons. The molecule has 1 aliphatic heterocycles. The van der Waals surface area contributed by atoms with Crippen LogP contribution in [0.3, 0.4) is 0 Å². The van der Waals surface area contributed by atoms with Gasteiger partial charge in [0.1, 0.15) is 11.6 Å². The molecule has 1 aliphatic rings. The minimum absolute atomic E-state index is 0.00947. The van der Waals surface area contributed by atoms with E-state index in [0.29, 0.717) is 11.1 Å². The third-order valence-electron chi connectivity index (χ3n) is 6.36. The van der Waals surface area contributed by atoms with E-state index < -0.39 is 34.2 Å². The molecule has 1 amide bonds. The van der Waals surface area contributed by atoms with Gasteiger partial charge >= 0.3 is 0 Å². The van der Waals surface area contributed by atoms with E-state index in [2.05, 4.69) is 0 Å². The maximum atomic E-state index is 13.5. The summed E-state index contributed by atoms with van der Waals surface area (Å²) < 4.78 is 15.3. The van der Waals surface area contributed by atoms with E-state index >= 15 is 0 Å². The highest BCUT2D eigenvalue weighted by Gasteiger charge is 2.47. The Kier molecular flexibility index (Phi) is 5.60. The number of Topliss-reactive ketones (excluding diaryl/α,β-unsaturated/α-hetero) is 1. The average Bonchev–Trinajstić information content (AvgIpc) is 3.34. The maximum Gasteiger partial charge on any atom is 0.295 e. The second-order valence-electron chi connectivity index (χ2n) is 8.57. The molecular formula is C27H20FN3O5. The predicted octanol–water partition coefficient (Wildman–Crippen LogP) is 4.85. The van der Waals surface area contributed by atoms with Crippen molar-refractivity contribution in [1.82, 2.24) is 9.47 Å². The first kappa shape index (κ1) is 23.0. The van der Waals surface area contributed by atoms with Gasteiger partial charge in [-0.1, -0.05) is 42.5 Å². The van der Waals surface area contributed by atoms with E-state index in [9.17, 15) is 29.2 Å². The van der Waals surface area contributed by atoms with Crippen molar-refractivity contribution >= 4 is 34.0 Å². The highest BCUT2D eigenvalue weighted by atomic mass is 19.1. The number of aromatic nitrogens is 1. The Morgan fingerprint density at radius 3 is 2.50 bits per heavy atom. The summed E-state index contributed by atoms with van der Waals surface area (Å²) in [7, 11) is 1.83. The van der Waals surface area contributed by atoms with Crippen molar-refractivity contribution in [1.29, 1.82) is 0 Å². The number of ketones is 1. The van der Waals surface area contributed by atoms with E-state index in [1.165, 1.54) is 47.4 Å². The molecule has 1 N–H and O–H groups in total. The van der Waals surface area contributed by atoms with Crippen molar-refractivity contribution in [3.8, 4) is 0 Å². The van der Waals surface area contributed by atoms with Gasteiger partial charge in [-0.2, -0.15) is 0 Å². The Balaban J connectivity index is 1.73. The number of nitro benzene ring substituents is 1. The Hall–Kier alpha value is -4.79. The molecule has 1 aromatic heterocycles. The molecule has 1 fully saturated rings. The number of non-ortho nitro benzene ring substituents is 1. The first-order valence-corrected chi connectivity index (χ1v) is 11.1. The highest BCUT2D eigenvalue weighted by Crippen LogP contribution is 2.43. The summed E-state index contributed by atoms with van der Waals surface area (Å²) in [6, 6.07) is 17.3. The Morgan fingerprint density at radius 1 is 1.06 bits per heavy atom. The summed E-state index contributed by atoms with van der Waals surface area (Å²) >= 11 is 0. The van der Waals surface area contributed by atoms with Gasteiger partial charge in [0, 0.05) is 54.0 Å². The summed E-state index contributed by atoms with van der Waals surface area (Å²) in [6.45, 7) is -0.00947. The maximum absolute atomic E-state index is 13.5. The Morgan fingerprint density at radius 2 is 1.78 bits per heavy atom. The van der Waals surface area contributed by atoms with Gasteiger partial charge in [0.05, 0.1) is 16.5 Å². The number of likely N-dealkylation sites (tertiary alicyclic amines) is 1. The van der Waals surface area contributed by atoms with Crippen LogP contribution in [0.15, 0.2) is 84.6 Å². The van der Waals surface area contributed by atoms with Crippen LogP contribution in [0.2, 0.25) is 0 Å². The van der Waals surface area contributed by atoms with E-state index in [4.69, 9.17) is 0 Å². The zero-order valence-corrected chi connectivity index (χ0v) is 19.1. The van der Waals surface area contributed by atoms with Gasteiger partial charge < -0.3 is 14.6 Å². The smallest absolute Gasteiger partial charge is 0.295 e. The third-order valence-corrected chi connectivity index (χ3v) is 6.36. The number of fused-ring (bicyclic) bond motifs is 1. The van der Waals surface area contributed by atoms with Crippen molar-refractivity contribution in [2.75, 3.05) is 0 Å². The van der Waals surface area contributed by atoms with Crippen molar-refractivity contribution in [3.05, 3.63) is 117 Å². The average molecular weight is 485 g/mol. The van der Waals surface area contributed by atoms with Crippen molar-refractivity contribution < 1.29 is 24.0 Å². The van der Waals surface area contributed by atoms with Crippen LogP contribution in [0.1, 0.15) is 22.7 Å². The third kappa shape index (κ3) is 3.80. The van der Waals surface area contributed by atoms with Gasteiger partial charge in [0.2, 0.25) is 0 Å². The van der Waals surface area contributed by atoms with Gasteiger partial charge in [-0.15, -0.1) is 0 Å². The lowest BCUT2D eigenvalue weighted by Crippen LogP contribution is -2.29. The number of carbonyl (C=O) groups is 2. The minimum atomic E-state index is -0.972. The lowest BCUT2D eigenvalue weighted by Gasteiger charge is -2.25. The number of aliphatic hydroxyl groups is 1. The number of aryl methyl sites for hydroxylation is 1. The number of hydrogen-bond donors (Lipinski definition) is 1. The molecule has 1 unspecified atom stereocenters. The van der Waals surface area contributed by atoms with Crippen LogP contribution in [0, 0.1) is 15.9 Å². The van der Waals surface area contributed by atoms with Crippen molar-refractivity contribution in [2.24, 2.45) is 7.05 Å². The molecular weight excluding hydrogens is 465 g/mol. The lowest BCUT2D eigenvalue weighted by molar-refractivity contribution is -0.384. The number of halogens is 1. The van der Waals surface area contributed by atoms with Gasteiger partial charge in [-0.25, -0.2) is 4.39 Å². The number of aliphatic hydroxyl groups excluding tert-OH is 1. The standard InChI is InChI=1S/C27H20FN3O5/c1-29-15-21(20-7-2-3-8-22(20)29)24-23(25(32)17-5-4-6-19(13-17)31(35)36)26(33)27(34)30(24)14-16-9-11-18(28)12-10-16/h2-13,15,24,32H,14H2,1H3/b25-23+. The molecule has 3 aromatic carbocycles. The van der Waals surface area contributed by atoms with Gasteiger partial charge in [-0.05, 0) is 23.8 Å². The van der Waals surface area contributed by atoms with Crippen LogP contribution < -0.4 is 0 Å². The second-order valence-corrected chi connectivity index (χ2v) is 8.57. The van der Waals surface area contributed by atoms with E-state index in [-0.39, 0.29) is 23.4 Å². The molecule has 36 heavy (non-hydrogen) atoms. The number of nitrogens with zero attached hydrogens (tertiary/aromatic N) is 3. The Labute approximate surface area is 204 Å². The minimum Gasteiger partial charge on any atom is -0.507 e. The largest absolute Gasteiger partial charge is 0.507 e. The summed E-state index contributed by atoms with van der Waals surface area (Å²) in [5, 5.41) is 23.3. The number of nitro groups is 1. The fourth-order valence-electron chi connectivity index (χ4n) is 4.67. The molecule has 1 saturated heterocycles. The van der Waals surface area contributed by atoms with E-state index in [1.807, 2.05) is 35.9 Å². The summed E-state index contributed by atoms with van der Waals surface area (Å²) in [6.07, 6.45) is 1.79. The molecule has 9 heteroatoms. The predicted molar refractivity (Wildman–Crippen MR) is 130 cm³/mol. The van der Waals surface area contributed by atoms with Crippen LogP contribution in [-0.4, -0.2) is 31.2 Å². The second kappa shape index (κ2) is 8.77. The number of amides is 1. The van der Waals surface area contributed by atoms with Gasteiger partial charge in [0.25, 0.3) is 17.4 Å². The number of hydrogen-bond acceptors (Lipinski definition) is 5.